The number of aromatic amines is 1. The number of rotatable bonds is 9. The number of para-hydroxylation sites is 2. The monoisotopic (exact) mass is 527 g/mol. The average Bonchev–Trinajstić information content (AvgIpc) is 3.16. The molecule has 0 saturated heterocycles. The number of nitrogens with one attached hydrogen (secondary N) is 2. The number of hydrogen-bond donors (Lipinski definition) is 2. The number of nitrogens with zero attached hydrogens (tertiary/aromatic N) is 1. The molecule has 0 amide bonds. The maximum atomic E-state index is 6.00. The Hall–Kier alpha value is -2.15. The zero-order valence-corrected chi connectivity index (χ0v) is 19.7. The van der Waals surface area contributed by atoms with Crippen LogP contribution in [0.15, 0.2) is 75.7 Å². The van der Waals surface area contributed by atoms with Crippen molar-refractivity contribution in [3.8, 4) is 5.75 Å². The summed E-state index contributed by atoms with van der Waals surface area (Å²) in [6.07, 6.45) is 1.96. The molecule has 4 rings (SSSR count). The van der Waals surface area contributed by atoms with E-state index in [0.29, 0.717) is 6.61 Å². The molecule has 0 atom stereocenters. The Morgan fingerprint density at radius 1 is 0.900 bits per heavy atom. The van der Waals surface area contributed by atoms with E-state index in [-0.39, 0.29) is 0 Å². The van der Waals surface area contributed by atoms with E-state index in [1.165, 1.54) is 5.56 Å². The van der Waals surface area contributed by atoms with Gasteiger partial charge in [-0.1, -0.05) is 42.5 Å². The number of halogens is 2. The third-order valence-electron chi connectivity index (χ3n) is 4.82. The molecule has 0 bridgehead atoms. The lowest BCUT2D eigenvalue weighted by Crippen LogP contribution is -2.15. The quantitative estimate of drug-likeness (QED) is 0.247. The van der Waals surface area contributed by atoms with Crippen LogP contribution in [0, 0.1) is 0 Å². The fourth-order valence-electron chi connectivity index (χ4n) is 3.32. The van der Waals surface area contributed by atoms with E-state index in [1.54, 1.807) is 0 Å². The SMILES string of the molecule is Brc1cc(CNCCCc2nc3ccccc3[nH]2)cc(Br)c1OCc1ccccc1. The predicted molar refractivity (Wildman–Crippen MR) is 129 cm³/mol. The Balaban J connectivity index is 1.25. The summed E-state index contributed by atoms with van der Waals surface area (Å²) in [4.78, 5) is 8.01. The molecule has 4 nitrogen and oxygen atoms in total. The summed E-state index contributed by atoms with van der Waals surface area (Å²) in [5, 5.41) is 3.51. The number of imidazole rings is 1. The zero-order valence-electron chi connectivity index (χ0n) is 16.5. The third kappa shape index (κ3) is 5.50. The van der Waals surface area contributed by atoms with Crippen molar-refractivity contribution in [3.63, 3.8) is 0 Å². The Bertz CT molecular complexity index is 1060. The molecular weight excluding hydrogens is 506 g/mol. The van der Waals surface area contributed by atoms with Crippen molar-refractivity contribution < 1.29 is 4.74 Å². The van der Waals surface area contributed by atoms with Gasteiger partial charge in [0.05, 0.1) is 20.0 Å². The van der Waals surface area contributed by atoms with Gasteiger partial charge in [-0.2, -0.15) is 0 Å². The smallest absolute Gasteiger partial charge is 0.148 e. The van der Waals surface area contributed by atoms with Gasteiger partial charge in [-0.25, -0.2) is 4.98 Å². The van der Waals surface area contributed by atoms with E-state index in [1.807, 2.05) is 36.4 Å². The fraction of sp³-hybridized carbons (Fsp3) is 0.208. The number of aromatic nitrogens is 2. The maximum absolute atomic E-state index is 6.00. The molecule has 2 N–H and O–H groups in total. The molecule has 0 aliphatic carbocycles. The van der Waals surface area contributed by atoms with Crippen LogP contribution in [0.3, 0.4) is 0 Å². The van der Waals surface area contributed by atoms with Gasteiger partial charge in [0.1, 0.15) is 18.2 Å². The summed E-state index contributed by atoms with van der Waals surface area (Å²) in [7, 11) is 0. The van der Waals surface area contributed by atoms with Crippen molar-refractivity contribution in [3.05, 3.63) is 92.6 Å². The normalized spacial score (nSPS) is 11.1. The van der Waals surface area contributed by atoms with Gasteiger partial charge in [0.25, 0.3) is 0 Å². The minimum atomic E-state index is 0.539. The van der Waals surface area contributed by atoms with Gasteiger partial charge in [0.2, 0.25) is 0 Å². The Morgan fingerprint density at radius 3 is 2.40 bits per heavy atom. The van der Waals surface area contributed by atoms with E-state index in [0.717, 1.165) is 63.0 Å². The van der Waals surface area contributed by atoms with E-state index in [4.69, 9.17) is 4.74 Å². The summed E-state index contributed by atoms with van der Waals surface area (Å²) < 4.78 is 7.90. The van der Waals surface area contributed by atoms with Crippen molar-refractivity contribution in [2.45, 2.75) is 26.0 Å². The Morgan fingerprint density at radius 2 is 1.63 bits per heavy atom. The van der Waals surface area contributed by atoms with E-state index < -0.39 is 0 Å². The van der Waals surface area contributed by atoms with Crippen molar-refractivity contribution >= 4 is 42.9 Å². The summed E-state index contributed by atoms with van der Waals surface area (Å²) >= 11 is 7.29. The lowest BCUT2D eigenvalue weighted by Gasteiger charge is -2.13. The van der Waals surface area contributed by atoms with Gasteiger partial charge in [-0.3, -0.25) is 0 Å². The first-order valence-electron chi connectivity index (χ1n) is 9.98. The number of fused-ring (bicyclic) bond motifs is 1. The van der Waals surface area contributed by atoms with Crippen LogP contribution in [0.4, 0.5) is 0 Å². The van der Waals surface area contributed by atoms with Crippen LogP contribution < -0.4 is 10.1 Å². The van der Waals surface area contributed by atoms with E-state index >= 15 is 0 Å². The van der Waals surface area contributed by atoms with Gasteiger partial charge in [-0.05, 0) is 80.2 Å². The molecule has 4 aromatic rings. The van der Waals surface area contributed by atoms with Crippen LogP contribution in [-0.2, 0) is 19.6 Å². The molecule has 154 valence electrons. The number of ether oxygens (including phenoxy) is 1. The highest BCUT2D eigenvalue weighted by Crippen LogP contribution is 2.35. The number of benzene rings is 3. The topological polar surface area (TPSA) is 49.9 Å². The molecule has 0 radical (unpaired) electrons. The van der Waals surface area contributed by atoms with Gasteiger partial charge in [0.15, 0.2) is 0 Å². The van der Waals surface area contributed by atoms with E-state index in [2.05, 4.69) is 77.5 Å². The van der Waals surface area contributed by atoms with Crippen molar-refractivity contribution in [1.82, 2.24) is 15.3 Å². The first-order chi connectivity index (χ1) is 14.7. The third-order valence-corrected chi connectivity index (χ3v) is 6.00. The highest BCUT2D eigenvalue weighted by Gasteiger charge is 2.10. The minimum absolute atomic E-state index is 0.539. The van der Waals surface area contributed by atoms with Gasteiger partial charge < -0.3 is 15.0 Å². The molecular formula is C24H23Br2N3O. The lowest BCUT2D eigenvalue weighted by molar-refractivity contribution is 0.302. The summed E-state index contributed by atoms with van der Waals surface area (Å²) in [5.74, 6) is 1.87. The Labute approximate surface area is 193 Å². The minimum Gasteiger partial charge on any atom is -0.487 e. The van der Waals surface area contributed by atoms with Gasteiger partial charge >= 0.3 is 0 Å². The molecule has 0 unspecified atom stereocenters. The molecule has 0 fully saturated rings. The second-order valence-corrected chi connectivity index (χ2v) is 8.85. The van der Waals surface area contributed by atoms with Crippen LogP contribution in [0.1, 0.15) is 23.4 Å². The first-order valence-corrected chi connectivity index (χ1v) is 11.6. The van der Waals surface area contributed by atoms with Crippen LogP contribution in [0.2, 0.25) is 0 Å². The van der Waals surface area contributed by atoms with Gasteiger partial charge in [-0.15, -0.1) is 0 Å². The molecule has 3 aromatic carbocycles. The largest absolute Gasteiger partial charge is 0.487 e. The molecule has 0 aliphatic heterocycles. The molecule has 1 aromatic heterocycles. The fourth-order valence-corrected chi connectivity index (χ4v) is 4.83. The molecule has 0 spiro atoms. The second kappa shape index (κ2) is 10.2. The summed E-state index contributed by atoms with van der Waals surface area (Å²) in [6, 6.07) is 22.5. The zero-order chi connectivity index (χ0) is 20.8. The van der Waals surface area contributed by atoms with Crippen molar-refractivity contribution in [1.29, 1.82) is 0 Å². The highest BCUT2D eigenvalue weighted by atomic mass is 79.9. The van der Waals surface area contributed by atoms with E-state index in [9.17, 15) is 0 Å². The first kappa shape index (κ1) is 21.1. The number of hydrogen-bond acceptors (Lipinski definition) is 3. The predicted octanol–water partition coefficient (Wildman–Crippen LogP) is 6.39. The number of aryl methyl sites for hydroxylation is 1. The van der Waals surface area contributed by atoms with Crippen LogP contribution in [0.25, 0.3) is 11.0 Å². The molecule has 0 aliphatic rings. The standard InChI is InChI=1S/C24H23Br2N3O/c25-19-13-18(14-20(26)24(19)30-16-17-7-2-1-3-8-17)15-27-12-6-11-23-28-21-9-4-5-10-22(21)29-23/h1-5,7-10,13-14,27H,6,11-12,15-16H2,(H,28,29). The summed E-state index contributed by atoms with van der Waals surface area (Å²) in [5.41, 5.74) is 4.48. The van der Waals surface area contributed by atoms with Crippen LogP contribution >= 0.6 is 31.9 Å². The van der Waals surface area contributed by atoms with Crippen LogP contribution in [-0.4, -0.2) is 16.5 Å². The molecule has 1 heterocycles. The van der Waals surface area contributed by atoms with Crippen molar-refractivity contribution in [2.24, 2.45) is 0 Å². The molecule has 6 heteroatoms. The molecule has 30 heavy (non-hydrogen) atoms. The number of H-pyrrole nitrogens is 1. The summed E-state index contributed by atoms with van der Waals surface area (Å²) in [6.45, 7) is 2.27. The van der Waals surface area contributed by atoms with Crippen LogP contribution in [0.5, 0.6) is 5.75 Å². The maximum Gasteiger partial charge on any atom is 0.148 e. The Kier molecular flexibility index (Phi) is 7.20. The van der Waals surface area contributed by atoms with Crippen molar-refractivity contribution in [2.75, 3.05) is 6.54 Å². The highest BCUT2D eigenvalue weighted by molar-refractivity contribution is 9.11. The average molecular weight is 529 g/mol. The lowest BCUT2D eigenvalue weighted by atomic mass is 10.2. The second-order valence-electron chi connectivity index (χ2n) is 7.14. The van der Waals surface area contributed by atoms with Gasteiger partial charge in [0, 0.05) is 13.0 Å². The molecule has 0 saturated carbocycles.